The van der Waals surface area contributed by atoms with E-state index in [1.807, 2.05) is 0 Å². The maximum absolute atomic E-state index is 12.1. The number of anilines is 1. The van der Waals surface area contributed by atoms with E-state index in [9.17, 15) is 9.59 Å². The second-order valence-corrected chi connectivity index (χ2v) is 5.88. The van der Waals surface area contributed by atoms with Crippen molar-refractivity contribution in [3.63, 3.8) is 0 Å². The van der Waals surface area contributed by atoms with Crippen molar-refractivity contribution >= 4 is 52.4 Å². The van der Waals surface area contributed by atoms with Gasteiger partial charge in [0.2, 0.25) is 5.91 Å². The predicted molar refractivity (Wildman–Crippen MR) is 91.6 cm³/mol. The van der Waals surface area contributed by atoms with E-state index in [0.29, 0.717) is 31.9 Å². The summed E-state index contributed by atoms with van der Waals surface area (Å²) in [5, 5.41) is 3.78. The third-order valence-corrected chi connectivity index (χ3v) is 4.08. The number of halogens is 3. The Morgan fingerprint density at radius 2 is 1.70 bits per heavy atom. The number of hydrogen-bond acceptors (Lipinski definition) is 3. The number of nitrogens with one attached hydrogen (secondary N) is 1. The van der Waals surface area contributed by atoms with Gasteiger partial charge in [-0.15, -0.1) is 0 Å². The van der Waals surface area contributed by atoms with Crippen molar-refractivity contribution in [2.75, 3.05) is 12.4 Å². The van der Waals surface area contributed by atoms with E-state index in [0.717, 1.165) is 0 Å². The Balaban J connectivity index is 2.13. The molecule has 0 heterocycles. The second kappa shape index (κ2) is 7.68. The van der Waals surface area contributed by atoms with E-state index in [-0.39, 0.29) is 12.3 Å². The highest BCUT2D eigenvalue weighted by atomic mass is 35.5. The number of methoxy groups -OCH3 is 1. The molecule has 0 atom stereocenters. The standard InChI is InChI=1S/C16H12Cl3NO3/c1-23-16(22)10-3-5-12(18)14(8-10)20-15(21)7-9-2-4-11(17)13(19)6-9/h2-6,8H,7H2,1H3,(H,20,21). The zero-order valence-corrected chi connectivity index (χ0v) is 14.3. The van der Waals surface area contributed by atoms with Crippen LogP contribution in [0.2, 0.25) is 15.1 Å². The number of esters is 1. The van der Waals surface area contributed by atoms with Gasteiger partial charge < -0.3 is 10.1 Å². The van der Waals surface area contributed by atoms with Crippen LogP contribution in [0.5, 0.6) is 0 Å². The van der Waals surface area contributed by atoms with Crippen LogP contribution in [0.4, 0.5) is 5.69 Å². The number of amides is 1. The first-order chi connectivity index (χ1) is 10.9. The van der Waals surface area contributed by atoms with Gasteiger partial charge in [0.1, 0.15) is 0 Å². The average Bonchev–Trinajstić information content (AvgIpc) is 2.52. The van der Waals surface area contributed by atoms with Crippen molar-refractivity contribution < 1.29 is 14.3 Å². The summed E-state index contributed by atoms with van der Waals surface area (Å²) in [6.45, 7) is 0. The van der Waals surface area contributed by atoms with Crippen LogP contribution in [-0.4, -0.2) is 19.0 Å². The fraction of sp³-hybridized carbons (Fsp3) is 0.125. The van der Waals surface area contributed by atoms with Crippen LogP contribution in [0.25, 0.3) is 0 Å². The van der Waals surface area contributed by atoms with Crippen molar-refractivity contribution in [2.24, 2.45) is 0 Å². The summed E-state index contributed by atoms with van der Waals surface area (Å²) >= 11 is 17.8. The summed E-state index contributed by atoms with van der Waals surface area (Å²) in [5.74, 6) is -0.811. The number of benzene rings is 2. The molecule has 0 saturated heterocycles. The Labute approximate surface area is 148 Å². The maximum atomic E-state index is 12.1. The molecule has 2 aromatic carbocycles. The molecular formula is C16H12Cl3NO3. The van der Waals surface area contributed by atoms with E-state index in [1.165, 1.54) is 25.3 Å². The number of hydrogen-bond donors (Lipinski definition) is 1. The average molecular weight is 373 g/mol. The van der Waals surface area contributed by atoms with Crippen molar-refractivity contribution in [1.29, 1.82) is 0 Å². The molecule has 1 N–H and O–H groups in total. The third-order valence-electron chi connectivity index (χ3n) is 3.01. The summed E-state index contributed by atoms with van der Waals surface area (Å²) in [5.41, 5.74) is 1.33. The van der Waals surface area contributed by atoms with Gasteiger partial charge in [-0.25, -0.2) is 4.79 Å². The molecule has 2 rings (SSSR count). The van der Waals surface area contributed by atoms with E-state index < -0.39 is 5.97 Å². The molecular weight excluding hydrogens is 361 g/mol. The Hall–Kier alpha value is -1.75. The molecule has 1 amide bonds. The van der Waals surface area contributed by atoms with Crippen molar-refractivity contribution in [3.05, 3.63) is 62.6 Å². The molecule has 0 unspecified atom stereocenters. The molecule has 4 nitrogen and oxygen atoms in total. The van der Waals surface area contributed by atoms with Gasteiger partial charge in [-0.05, 0) is 35.9 Å². The summed E-state index contributed by atoms with van der Waals surface area (Å²) in [6, 6.07) is 9.44. The first-order valence-corrected chi connectivity index (χ1v) is 7.65. The number of carbonyl (C=O) groups is 2. The highest BCUT2D eigenvalue weighted by Crippen LogP contribution is 2.25. The zero-order valence-electron chi connectivity index (χ0n) is 12.0. The molecule has 0 bridgehead atoms. The van der Waals surface area contributed by atoms with Crippen LogP contribution < -0.4 is 5.32 Å². The van der Waals surface area contributed by atoms with E-state index >= 15 is 0 Å². The van der Waals surface area contributed by atoms with Crippen LogP contribution in [0.15, 0.2) is 36.4 Å². The molecule has 0 radical (unpaired) electrons. The minimum Gasteiger partial charge on any atom is -0.465 e. The number of ether oxygens (including phenoxy) is 1. The summed E-state index contributed by atoms with van der Waals surface area (Å²) in [7, 11) is 1.28. The van der Waals surface area contributed by atoms with Gasteiger partial charge in [-0.1, -0.05) is 40.9 Å². The normalized spacial score (nSPS) is 10.3. The third kappa shape index (κ3) is 4.61. The fourth-order valence-electron chi connectivity index (χ4n) is 1.90. The van der Waals surface area contributed by atoms with Crippen LogP contribution in [-0.2, 0) is 16.0 Å². The zero-order chi connectivity index (χ0) is 17.0. The lowest BCUT2D eigenvalue weighted by Gasteiger charge is -2.09. The number of rotatable bonds is 4. The maximum Gasteiger partial charge on any atom is 0.337 e. The van der Waals surface area contributed by atoms with Crippen molar-refractivity contribution in [2.45, 2.75) is 6.42 Å². The van der Waals surface area contributed by atoms with Crippen LogP contribution in [0, 0.1) is 0 Å². The Morgan fingerprint density at radius 1 is 1.00 bits per heavy atom. The topological polar surface area (TPSA) is 55.4 Å². The van der Waals surface area contributed by atoms with Gasteiger partial charge in [-0.2, -0.15) is 0 Å². The monoisotopic (exact) mass is 371 g/mol. The molecule has 7 heteroatoms. The van der Waals surface area contributed by atoms with Gasteiger partial charge in [0, 0.05) is 0 Å². The SMILES string of the molecule is COC(=O)c1ccc(Cl)c(NC(=O)Cc2ccc(Cl)c(Cl)c2)c1. The minimum atomic E-state index is -0.512. The lowest BCUT2D eigenvalue weighted by Crippen LogP contribution is -2.15. The molecule has 2 aromatic rings. The first-order valence-electron chi connectivity index (χ1n) is 6.52. The highest BCUT2D eigenvalue weighted by Gasteiger charge is 2.12. The summed E-state index contributed by atoms with van der Waals surface area (Å²) < 4.78 is 4.63. The number of carbonyl (C=O) groups excluding carboxylic acids is 2. The Bertz CT molecular complexity index is 762. The van der Waals surface area contributed by atoms with Crippen LogP contribution in [0.3, 0.4) is 0 Å². The van der Waals surface area contributed by atoms with Gasteiger partial charge in [0.05, 0.1) is 39.8 Å². The molecule has 0 saturated carbocycles. The quantitative estimate of drug-likeness (QED) is 0.797. The van der Waals surface area contributed by atoms with E-state index in [1.54, 1.807) is 18.2 Å². The molecule has 0 aliphatic heterocycles. The van der Waals surface area contributed by atoms with Crippen LogP contribution in [0.1, 0.15) is 15.9 Å². The predicted octanol–water partition coefficient (Wildman–Crippen LogP) is 4.61. The highest BCUT2D eigenvalue weighted by molar-refractivity contribution is 6.42. The van der Waals surface area contributed by atoms with Crippen molar-refractivity contribution in [1.82, 2.24) is 0 Å². The van der Waals surface area contributed by atoms with E-state index in [4.69, 9.17) is 34.8 Å². The molecule has 0 aromatic heterocycles. The summed E-state index contributed by atoms with van der Waals surface area (Å²) in [4.78, 5) is 23.6. The molecule has 0 aliphatic carbocycles. The van der Waals surface area contributed by atoms with Gasteiger partial charge >= 0.3 is 5.97 Å². The van der Waals surface area contributed by atoms with E-state index in [2.05, 4.69) is 10.1 Å². The smallest absolute Gasteiger partial charge is 0.337 e. The van der Waals surface area contributed by atoms with Gasteiger partial charge in [0.15, 0.2) is 0 Å². The minimum absolute atomic E-state index is 0.0929. The largest absolute Gasteiger partial charge is 0.465 e. The molecule has 0 aliphatic rings. The first kappa shape index (κ1) is 17.6. The van der Waals surface area contributed by atoms with Crippen molar-refractivity contribution in [3.8, 4) is 0 Å². The Morgan fingerprint density at radius 3 is 2.35 bits per heavy atom. The molecule has 0 spiro atoms. The summed E-state index contributed by atoms with van der Waals surface area (Å²) in [6.07, 6.45) is 0.0929. The Kier molecular flexibility index (Phi) is 5.88. The lowest BCUT2D eigenvalue weighted by molar-refractivity contribution is -0.115. The lowest BCUT2D eigenvalue weighted by atomic mass is 10.1. The van der Waals surface area contributed by atoms with Gasteiger partial charge in [0.25, 0.3) is 0 Å². The van der Waals surface area contributed by atoms with Crippen LogP contribution >= 0.6 is 34.8 Å². The van der Waals surface area contributed by atoms with Gasteiger partial charge in [-0.3, -0.25) is 4.79 Å². The molecule has 0 fully saturated rings. The molecule has 23 heavy (non-hydrogen) atoms. The molecule has 120 valence electrons. The fourth-order valence-corrected chi connectivity index (χ4v) is 2.38. The second-order valence-electron chi connectivity index (χ2n) is 4.66.